The third kappa shape index (κ3) is 13.1. The van der Waals surface area contributed by atoms with E-state index in [2.05, 4.69) is 13.8 Å². The van der Waals surface area contributed by atoms with Crippen LogP contribution < -0.4 is 0 Å². The largest absolute Gasteiger partial charge is 0.462 e. The molecule has 0 heterocycles. The molecule has 0 saturated heterocycles. The first-order chi connectivity index (χ1) is 14.7. The second-order valence-electron chi connectivity index (χ2n) is 7.35. The Kier molecular flexibility index (Phi) is 18.6. The topological polar surface area (TPSA) is 100 Å². The molecule has 6 nitrogen and oxygen atoms in total. The first kappa shape index (κ1) is 27.8. The normalized spacial score (nSPS) is 10.1. The Morgan fingerprint density at radius 2 is 0.967 bits per heavy atom. The van der Waals surface area contributed by atoms with Gasteiger partial charge in [-0.15, -0.1) is 0 Å². The molecule has 6 heteroatoms. The number of carbonyl (C=O) groups excluding carboxylic acids is 2. The molecule has 30 heavy (non-hydrogen) atoms. The van der Waals surface area contributed by atoms with Crippen LogP contribution in [-0.4, -0.2) is 25.2 Å². The zero-order chi connectivity index (χ0) is 22.5. The summed E-state index contributed by atoms with van der Waals surface area (Å²) in [7, 11) is 0. The van der Waals surface area contributed by atoms with Crippen LogP contribution in [0.4, 0.5) is 0 Å². The van der Waals surface area contributed by atoms with E-state index in [4.69, 9.17) is 20.5 Å². The fourth-order valence-corrected chi connectivity index (χ4v) is 3.09. The third-order valence-corrected chi connectivity index (χ3v) is 4.83. The van der Waals surface area contributed by atoms with Gasteiger partial charge in [0.2, 0.25) is 0 Å². The summed E-state index contributed by atoms with van der Waals surface area (Å²) in [4.78, 5) is 24.7. The van der Waals surface area contributed by atoms with Gasteiger partial charge in [0.15, 0.2) is 0 Å². The van der Waals surface area contributed by atoms with Crippen LogP contribution in [0.15, 0.2) is 24.3 Å². The minimum Gasteiger partial charge on any atom is -0.462 e. The first-order valence-corrected chi connectivity index (χ1v) is 11.4. The highest BCUT2D eigenvalue weighted by molar-refractivity contribution is 6.03. The van der Waals surface area contributed by atoms with Gasteiger partial charge in [-0.3, -0.25) is 0 Å². The first-order valence-electron chi connectivity index (χ1n) is 11.4. The Hall–Kier alpha value is -2.24. The molecule has 170 valence electrons. The maximum atomic E-state index is 12.4. The minimum atomic E-state index is -0.444. The van der Waals surface area contributed by atoms with E-state index in [1.54, 1.807) is 24.3 Å². The lowest BCUT2D eigenvalue weighted by Gasteiger charge is -2.10. The molecule has 0 saturated carbocycles. The SMILES string of the molecule is CCCCCCCCOC(=O)c1ccccc1C(=O)OCCCCCCCC.N=N. The number of ether oxygens (including phenoxy) is 2. The van der Waals surface area contributed by atoms with Crippen molar-refractivity contribution in [3.8, 4) is 0 Å². The highest BCUT2D eigenvalue weighted by atomic mass is 16.5. The molecule has 2 N–H and O–H groups in total. The Bertz CT molecular complexity index is 529. The van der Waals surface area contributed by atoms with Gasteiger partial charge in [0.25, 0.3) is 0 Å². The predicted octanol–water partition coefficient (Wildman–Crippen LogP) is 7.32. The van der Waals surface area contributed by atoms with Crippen LogP contribution in [0.5, 0.6) is 0 Å². The smallest absolute Gasteiger partial charge is 0.339 e. The molecule has 1 rings (SSSR count). The second kappa shape index (κ2) is 20.0. The summed E-state index contributed by atoms with van der Waals surface area (Å²) in [5.41, 5.74) is 10.6. The van der Waals surface area contributed by atoms with Gasteiger partial charge >= 0.3 is 11.9 Å². The number of hydrogen-bond donors (Lipinski definition) is 2. The molecule has 0 aromatic heterocycles. The van der Waals surface area contributed by atoms with E-state index < -0.39 is 11.9 Å². The number of nitrogens with one attached hydrogen (secondary N) is 2. The van der Waals surface area contributed by atoms with Crippen LogP contribution >= 0.6 is 0 Å². The predicted molar refractivity (Wildman–Crippen MR) is 119 cm³/mol. The maximum absolute atomic E-state index is 12.4. The summed E-state index contributed by atoms with van der Waals surface area (Å²) in [6.07, 6.45) is 13.6. The molecule has 0 amide bonds. The van der Waals surface area contributed by atoms with Crippen LogP contribution in [0.1, 0.15) is 112 Å². The standard InChI is InChI=1S/C24H38O4.H2N2/c1-3-5-7-9-11-15-19-27-23(25)21-17-13-14-18-22(21)24(26)28-20-16-12-10-8-6-4-2;1-2/h13-14,17-18H,3-12,15-16,19-20H2,1-2H3;1-2H. The molecule has 0 aliphatic carbocycles. The molecule has 0 aliphatic rings. The number of esters is 2. The van der Waals surface area contributed by atoms with Crippen molar-refractivity contribution in [2.75, 3.05) is 13.2 Å². The van der Waals surface area contributed by atoms with E-state index in [1.807, 2.05) is 0 Å². The van der Waals surface area contributed by atoms with E-state index in [0.717, 1.165) is 25.7 Å². The van der Waals surface area contributed by atoms with E-state index in [1.165, 1.54) is 51.4 Å². The molecule has 1 aromatic rings. The van der Waals surface area contributed by atoms with E-state index in [0.29, 0.717) is 24.3 Å². The molecule has 0 bridgehead atoms. The van der Waals surface area contributed by atoms with Gasteiger partial charge in [-0.2, -0.15) is 0 Å². The summed E-state index contributed by atoms with van der Waals surface area (Å²) in [6.45, 7) is 5.17. The molecular formula is C24H40N2O4. The average Bonchev–Trinajstić information content (AvgIpc) is 2.79. The Labute approximate surface area is 182 Å². The van der Waals surface area contributed by atoms with Crippen molar-refractivity contribution in [3.05, 3.63) is 35.4 Å². The highest BCUT2D eigenvalue weighted by Crippen LogP contribution is 2.14. The van der Waals surface area contributed by atoms with Crippen molar-refractivity contribution < 1.29 is 19.1 Å². The second-order valence-corrected chi connectivity index (χ2v) is 7.35. The zero-order valence-electron chi connectivity index (χ0n) is 18.8. The van der Waals surface area contributed by atoms with Gasteiger partial charge in [0.05, 0.1) is 24.3 Å². The van der Waals surface area contributed by atoms with Gasteiger partial charge in [-0.25, -0.2) is 20.7 Å². The minimum absolute atomic E-state index is 0.293. The molecule has 1 aromatic carbocycles. The summed E-state index contributed by atoms with van der Waals surface area (Å²) >= 11 is 0. The number of hydrogen-bond acceptors (Lipinski definition) is 6. The van der Waals surface area contributed by atoms with Crippen LogP contribution in [0.25, 0.3) is 0 Å². The fourth-order valence-electron chi connectivity index (χ4n) is 3.09. The number of benzene rings is 1. The number of rotatable bonds is 16. The number of carbonyl (C=O) groups is 2. The molecule has 0 radical (unpaired) electrons. The van der Waals surface area contributed by atoms with Crippen LogP contribution in [0.3, 0.4) is 0 Å². The van der Waals surface area contributed by atoms with E-state index >= 15 is 0 Å². The van der Waals surface area contributed by atoms with Crippen molar-refractivity contribution in [1.29, 1.82) is 11.1 Å². The lowest BCUT2D eigenvalue weighted by Crippen LogP contribution is -2.15. The molecular weight excluding hydrogens is 380 g/mol. The average molecular weight is 421 g/mol. The Morgan fingerprint density at radius 1 is 0.633 bits per heavy atom. The molecule has 0 aliphatic heterocycles. The zero-order valence-corrected chi connectivity index (χ0v) is 18.8. The van der Waals surface area contributed by atoms with Crippen molar-refractivity contribution in [1.82, 2.24) is 0 Å². The summed E-state index contributed by atoms with van der Waals surface area (Å²) in [5.74, 6) is -0.888. The monoisotopic (exact) mass is 420 g/mol. The highest BCUT2D eigenvalue weighted by Gasteiger charge is 2.18. The molecule has 0 fully saturated rings. The van der Waals surface area contributed by atoms with Crippen molar-refractivity contribution >= 4 is 11.9 Å². The molecule has 0 unspecified atom stereocenters. The van der Waals surface area contributed by atoms with Crippen molar-refractivity contribution in [2.24, 2.45) is 0 Å². The van der Waals surface area contributed by atoms with E-state index in [9.17, 15) is 9.59 Å². The van der Waals surface area contributed by atoms with Gasteiger partial charge in [0.1, 0.15) is 0 Å². The lowest BCUT2D eigenvalue weighted by molar-refractivity contribution is 0.0450. The quantitative estimate of drug-likeness (QED) is 0.166. The summed E-state index contributed by atoms with van der Waals surface area (Å²) < 4.78 is 10.7. The molecule has 0 spiro atoms. The summed E-state index contributed by atoms with van der Waals surface area (Å²) in [5, 5.41) is 0. The fraction of sp³-hybridized carbons (Fsp3) is 0.667. The van der Waals surface area contributed by atoms with Crippen LogP contribution in [0, 0.1) is 11.1 Å². The lowest BCUT2D eigenvalue weighted by atomic mass is 10.1. The van der Waals surface area contributed by atoms with Gasteiger partial charge in [-0.05, 0) is 25.0 Å². The van der Waals surface area contributed by atoms with Gasteiger partial charge in [0, 0.05) is 0 Å². The Morgan fingerprint density at radius 3 is 1.33 bits per heavy atom. The maximum Gasteiger partial charge on any atom is 0.339 e. The van der Waals surface area contributed by atoms with Crippen molar-refractivity contribution in [3.63, 3.8) is 0 Å². The van der Waals surface area contributed by atoms with Crippen LogP contribution in [0.2, 0.25) is 0 Å². The molecule has 0 atom stereocenters. The van der Waals surface area contributed by atoms with Gasteiger partial charge in [-0.1, -0.05) is 90.2 Å². The third-order valence-electron chi connectivity index (χ3n) is 4.83. The van der Waals surface area contributed by atoms with Crippen LogP contribution in [-0.2, 0) is 9.47 Å². The van der Waals surface area contributed by atoms with E-state index in [-0.39, 0.29) is 0 Å². The summed E-state index contributed by atoms with van der Waals surface area (Å²) in [6, 6.07) is 6.74. The Balaban J connectivity index is 0.00000407. The van der Waals surface area contributed by atoms with Crippen molar-refractivity contribution in [2.45, 2.75) is 90.9 Å². The number of unbranched alkanes of at least 4 members (excludes halogenated alkanes) is 10. The van der Waals surface area contributed by atoms with Gasteiger partial charge < -0.3 is 9.47 Å².